The van der Waals surface area contributed by atoms with Crippen molar-refractivity contribution in [2.24, 2.45) is 0 Å². The Morgan fingerprint density at radius 1 is 0.952 bits per heavy atom. The number of rotatable bonds is 2. The molecule has 21 heavy (non-hydrogen) atoms. The summed E-state index contributed by atoms with van der Waals surface area (Å²) in [7, 11) is 0. The fourth-order valence-corrected chi connectivity index (χ4v) is 3.06. The summed E-state index contributed by atoms with van der Waals surface area (Å²) >= 11 is 0. The van der Waals surface area contributed by atoms with E-state index < -0.39 is 0 Å². The molecular formula is C18H16N2O. The van der Waals surface area contributed by atoms with Crippen LogP contribution in [0.4, 0.5) is 4.79 Å². The topological polar surface area (TPSA) is 25.2 Å². The molecule has 0 fully saturated rings. The summed E-state index contributed by atoms with van der Waals surface area (Å²) in [5, 5.41) is 1.14. The molecule has 0 saturated heterocycles. The highest BCUT2D eigenvalue weighted by molar-refractivity contribution is 5.93. The molecule has 0 radical (unpaired) electrons. The highest BCUT2D eigenvalue weighted by atomic mass is 16.2. The van der Waals surface area contributed by atoms with Crippen LogP contribution in [0.2, 0.25) is 0 Å². The Morgan fingerprint density at radius 3 is 2.57 bits per heavy atom. The van der Waals surface area contributed by atoms with E-state index in [4.69, 9.17) is 0 Å². The van der Waals surface area contributed by atoms with Crippen molar-refractivity contribution in [3.8, 4) is 0 Å². The molecule has 2 heterocycles. The first-order chi connectivity index (χ1) is 10.3. The summed E-state index contributed by atoms with van der Waals surface area (Å²) < 4.78 is 1.86. The zero-order valence-corrected chi connectivity index (χ0v) is 11.7. The van der Waals surface area contributed by atoms with Crippen molar-refractivity contribution >= 4 is 16.9 Å². The van der Waals surface area contributed by atoms with E-state index in [1.807, 2.05) is 45.9 Å². The third-order valence-electron chi connectivity index (χ3n) is 4.10. The molecule has 0 unspecified atom stereocenters. The number of carbonyl (C=O) groups is 1. The largest absolute Gasteiger partial charge is 0.329 e. The minimum Gasteiger partial charge on any atom is -0.319 e. The molecule has 0 atom stereocenters. The molecule has 1 aromatic heterocycles. The van der Waals surface area contributed by atoms with Crippen molar-refractivity contribution in [2.45, 2.75) is 13.0 Å². The molecule has 1 aliphatic rings. The van der Waals surface area contributed by atoms with Gasteiger partial charge in [-0.1, -0.05) is 48.5 Å². The molecular weight excluding hydrogens is 260 g/mol. The summed E-state index contributed by atoms with van der Waals surface area (Å²) in [5.41, 5.74) is 3.30. The standard InChI is InChI=1S/C18H16N2O/c21-18-19(13-14-6-2-1-3-7-14)11-10-16-12-15-8-4-5-9-17(15)20(16)18/h1-9,12H,10-11,13H2. The first kappa shape index (κ1) is 12.2. The van der Waals surface area contributed by atoms with E-state index in [-0.39, 0.29) is 6.03 Å². The van der Waals surface area contributed by atoms with Crippen molar-refractivity contribution in [1.82, 2.24) is 9.47 Å². The van der Waals surface area contributed by atoms with Gasteiger partial charge in [-0.3, -0.25) is 4.57 Å². The lowest BCUT2D eigenvalue weighted by molar-refractivity contribution is 0.191. The summed E-state index contributed by atoms with van der Waals surface area (Å²) in [6, 6.07) is 20.5. The zero-order valence-electron chi connectivity index (χ0n) is 11.7. The summed E-state index contributed by atoms with van der Waals surface area (Å²) in [5.74, 6) is 0. The van der Waals surface area contributed by atoms with Gasteiger partial charge in [-0.2, -0.15) is 0 Å². The SMILES string of the molecule is O=C1N(Cc2ccccc2)CCc2cc3ccccc3n21. The van der Waals surface area contributed by atoms with E-state index in [0.717, 1.165) is 29.6 Å². The second-order valence-electron chi connectivity index (χ2n) is 5.47. The minimum atomic E-state index is 0.0845. The Bertz CT molecular complexity index is 804. The van der Waals surface area contributed by atoms with Gasteiger partial charge in [0.25, 0.3) is 0 Å². The molecule has 0 N–H and O–H groups in total. The number of nitrogens with zero attached hydrogens (tertiary/aromatic N) is 2. The fraction of sp³-hybridized carbons (Fsp3) is 0.167. The van der Waals surface area contributed by atoms with Gasteiger partial charge in [0.1, 0.15) is 0 Å². The average Bonchev–Trinajstić information content (AvgIpc) is 2.90. The van der Waals surface area contributed by atoms with Gasteiger partial charge in [0.2, 0.25) is 0 Å². The van der Waals surface area contributed by atoms with Crippen molar-refractivity contribution in [3.05, 3.63) is 71.9 Å². The molecule has 0 bridgehead atoms. The number of benzene rings is 2. The molecule has 3 aromatic rings. The quantitative estimate of drug-likeness (QED) is 0.701. The van der Waals surface area contributed by atoms with E-state index >= 15 is 0 Å². The van der Waals surface area contributed by atoms with E-state index in [1.54, 1.807) is 0 Å². The molecule has 4 rings (SSSR count). The van der Waals surface area contributed by atoms with Gasteiger partial charge in [-0.05, 0) is 17.7 Å². The number of fused-ring (bicyclic) bond motifs is 3. The molecule has 104 valence electrons. The molecule has 2 aromatic carbocycles. The van der Waals surface area contributed by atoms with Crippen molar-refractivity contribution < 1.29 is 4.79 Å². The number of amides is 1. The highest BCUT2D eigenvalue weighted by Gasteiger charge is 2.25. The van der Waals surface area contributed by atoms with Crippen molar-refractivity contribution in [2.75, 3.05) is 6.54 Å². The summed E-state index contributed by atoms with van der Waals surface area (Å²) in [6.07, 6.45) is 0.910. The maximum Gasteiger partial charge on any atom is 0.329 e. The maximum absolute atomic E-state index is 12.8. The molecule has 0 aliphatic carbocycles. The van der Waals surface area contributed by atoms with Gasteiger partial charge in [-0.15, -0.1) is 0 Å². The second kappa shape index (κ2) is 4.77. The van der Waals surface area contributed by atoms with Crippen molar-refractivity contribution in [3.63, 3.8) is 0 Å². The van der Waals surface area contributed by atoms with E-state index in [2.05, 4.69) is 24.3 Å². The minimum absolute atomic E-state index is 0.0845. The van der Waals surface area contributed by atoms with Crippen LogP contribution in [0.25, 0.3) is 10.9 Å². The molecule has 1 aliphatic heterocycles. The summed E-state index contributed by atoms with van der Waals surface area (Å²) in [6.45, 7) is 1.45. The monoisotopic (exact) mass is 276 g/mol. The van der Waals surface area contributed by atoms with Crippen LogP contribution in [0.15, 0.2) is 60.7 Å². The normalized spacial score (nSPS) is 14.5. The molecule has 3 nitrogen and oxygen atoms in total. The Kier molecular flexibility index (Phi) is 2.78. The first-order valence-corrected chi connectivity index (χ1v) is 7.25. The van der Waals surface area contributed by atoms with Gasteiger partial charge < -0.3 is 4.90 Å². The van der Waals surface area contributed by atoms with Crippen LogP contribution in [-0.4, -0.2) is 22.0 Å². The van der Waals surface area contributed by atoms with Crippen LogP contribution in [0.5, 0.6) is 0 Å². The van der Waals surface area contributed by atoms with Gasteiger partial charge in [0.15, 0.2) is 0 Å². The van der Waals surface area contributed by atoms with Crippen LogP contribution < -0.4 is 0 Å². The molecule has 1 amide bonds. The smallest absolute Gasteiger partial charge is 0.319 e. The second-order valence-corrected chi connectivity index (χ2v) is 5.47. The fourth-order valence-electron chi connectivity index (χ4n) is 3.06. The van der Waals surface area contributed by atoms with Gasteiger partial charge >= 0.3 is 6.03 Å². The molecule has 3 heteroatoms. The van der Waals surface area contributed by atoms with E-state index in [1.165, 1.54) is 5.56 Å². The van der Waals surface area contributed by atoms with Crippen LogP contribution in [-0.2, 0) is 13.0 Å². The van der Waals surface area contributed by atoms with Gasteiger partial charge in [0.05, 0.1) is 5.52 Å². The van der Waals surface area contributed by atoms with Crippen LogP contribution in [0.1, 0.15) is 11.3 Å². The van der Waals surface area contributed by atoms with E-state index in [9.17, 15) is 4.79 Å². The molecule has 0 spiro atoms. The number of para-hydroxylation sites is 1. The van der Waals surface area contributed by atoms with Crippen LogP contribution >= 0.6 is 0 Å². The predicted molar refractivity (Wildman–Crippen MR) is 83.3 cm³/mol. The van der Waals surface area contributed by atoms with Crippen LogP contribution in [0, 0.1) is 0 Å². The highest BCUT2D eigenvalue weighted by Crippen LogP contribution is 2.24. The lowest BCUT2D eigenvalue weighted by Gasteiger charge is -2.28. The number of hydrogen-bond acceptors (Lipinski definition) is 1. The average molecular weight is 276 g/mol. The Morgan fingerprint density at radius 2 is 1.71 bits per heavy atom. The Labute approximate surface area is 123 Å². The Hall–Kier alpha value is -2.55. The van der Waals surface area contributed by atoms with Gasteiger partial charge in [0, 0.05) is 30.6 Å². The first-order valence-electron chi connectivity index (χ1n) is 7.25. The number of hydrogen-bond donors (Lipinski definition) is 0. The zero-order chi connectivity index (χ0) is 14.2. The van der Waals surface area contributed by atoms with E-state index in [0.29, 0.717) is 6.54 Å². The van der Waals surface area contributed by atoms with Crippen molar-refractivity contribution in [1.29, 1.82) is 0 Å². The third-order valence-corrected chi connectivity index (χ3v) is 4.10. The number of carbonyl (C=O) groups excluding carboxylic acids is 1. The molecule has 0 saturated carbocycles. The lowest BCUT2D eigenvalue weighted by atomic mass is 10.2. The Balaban J connectivity index is 1.71. The van der Waals surface area contributed by atoms with Gasteiger partial charge in [-0.25, -0.2) is 4.79 Å². The lowest BCUT2D eigenvalue weighted by Crippen LogP contribution is -2.40. The number of aromatic nitrogens is 1. The third kappa shape index (κ3) is 2.02. The maximum atomic E-state index is 12.8. The summed E-state index contributed by atoms with van der Waals surface area (Å²) in [4.78, 5) is 14.7. The van der Waals surface area contributed by atoms with Crippen LogP contribution in [0.3, 0.4) is 0 Å². The predicted octanol–water partition coefficient (Wildman–Crippen LogP) is 3.67.